The van der Waals surface area contributed by atoms with E-state index in [0.29, 0.717) is 11.6 Å². The molecule has 1 fully saturated rings. The van der Waals surface area contributed by atoms with Crippen LogP contribution in [0.5, 0.6) is 0 Å². The molecule has 0 atom stereocenters. The van der Waals surface area contributed by atoms with E-state index in [0.717, 1.165) is 20.9 Å². The zero-order valence-electron chi connectivity index (χ0n) is 14.4. The lowest BCUT2D eigenvalue weighted by Gasteiger charge is -2.38. The Morgan fingerprint density at radius 1 is 1.07 bits per heavy atom. The van der Waals surface area contributed by atoms with E-state index in [4.69, 9.17) is 11.6 Å². The highest BCUT2D eigenvalue weighted by atomic mass is 79.9. The summed E-state index contributed by atoms with van der Waals surface area (Å²) >= 11 is 9.20. The second-order valence-corrected chi connectivity index (χ2v) is 9.81. The van der Waals surface area contributed by atoms with Crippen molar-refractivity contribution >= 4 is 37.6 Å². The van der Waals surface area contributed by atoms with E-state index in [1.165, 1.54) is 0 Å². The van der Waals surface area contributed by atoms with Gasteiger partial charge in [-0.1, -0.05) is 39.7 Å². The van der Waals surface area contributed by atoms with Gasteiger partial charge in [-0.2, -0.15) is 17.5 Å². The lowest BCUT2D eigenvalue weighted by molar-refractivity contribution is -0.137. The maximum Gasteiger partial charge on any atom is 0.416 e. The van der Waals surface area contributed by atoms with Crippen LogP contribution in [0.1, 0.15) is 24.0 Å². The maximum atomic E-state index is 13.0. The summed E-state index contributed by atoms with van der Waals surface area (Å²) in [4.78, 5) is -0.585. The van der Waals surface area contributed by atoms with Crippen LogP contribution in [-0.2, 0) is 21.8 Å². The van der Waals surface area contributed by atoms with Crippen LogP contribution in [-0.4, -0.2) is 30.9 Å². The van der Waals surface area contributed by atoms with E-state index >= 15 is 0 Å². The largest absolute Gasteiger partial charge is 0.416 e. The Kier molecular flexibility index (Phi) is 5.86. The zero-order chi connectivity index (χ0) is 20.7. The van der Waals surface area contributed by atoms with Crippen molar-refractivity contribution in [2.45, 2.75) is 29.5 Å². The Morgan fingerprint density at radius 3 is 2.18 bits per heavy atom. The molecule has 152 valence electrons. The number of hydrogen-bond donors (Lipinski definition) is 1. The van der Waals surface area contributed by atoms with Gasteiger partial charge in [0.25, 0.3) is 0 Å². The highest BCUT2D eigenvalue weighted by molar-refractivity contribution is 9.10. The molecule has 3 rings (SSSR count). The fraction of sp³-hybridized carbons (Fsp3) is 0.333. The van der Waals surface area contributed by atoms with Crippen molar-refractivity contribution in [2.24, 2.45) is 0 Å². The van der Waals surface area contributed by atoms with E-state index in [1.54, 1.807) is 24.3 Å². The second-order valence-electron chi connectivity index (χ2n) is 6.59. The molecule has 0 aromatic heterocycles. The van der Waals surface area contributed by atoms with Crippen molar-refractivity contribution in [3.8, 4) is 0 Å². The molecule has 0 radical (unpaired) electrons. The summed E-state index contributed by atoms with van der Waals surface area (Å²) < 4.78 is 66.5. The van der Waals surface area contributed by atoms with Crippen LogP contribution in [0, 0.1) is 0 Å². The van der Waals surface area contributed by atoms with Crippen LogP contribution in [0.25, 0.3) is 0 Å². The van der Waals surface area contributed by atoms with Gasteiger partial charge in [-0.15, -0.1) is 0 Å². The lowest BCUT2D eigenvalue weighted by atomic mass is 9.85. The highest BCUT2D eigenvalue weighted by Crippen LogP contribution is 2.38. The fourth-order valence-electron chi connectivity index (χ4n) is 3.16. The Balaban J connectivity index is 1.85. The molecule has 0 aliphatic carbocycles. The van der Waals surface area contributed by atoms with E-state index < -0.39 is 32.3 Å². The smallest absolute Gasteiger partial charge is 0.385 e. The molecule has 1 heterocycles. The Morgan fingerprint density at radius 2 is 1.64 bits per heavy atom. The molecule has 1 aliphatic heterocycles. The molecule has 2 aromatic carbocycles. The molecule has 28 heavy (non-hydrogen) atoms. The quantitative estimate of drug-likeness (QED) is 0.662. The summed E-state index contributed by atoms with van der Waals surface area (Å²) in [5.74, 6) is 0. The predicted molar refractivity (Wildman–Crippen MR) is 102 cm³/mol. The average molecular weight is 499 g/mol. The van der Waals surface area contributed by atoms with E-state index in [1.807, 2.05) is 0 Å². The summed E-state index contributed by atoms with van der Waals surface area (Å²) in [5.41, 5.74) is -1.63. The number of benzene rings is 2. The van der Waals surface area contributed by atoms with Crippen LogP contribution < -0.4 is 0 Å². The molecule has 1 saturated heterocycles. The van der Waals surface area contributed by atoms with Gasteiger partial charge in [-0.25, -0.2) is 8.42 Å². The van der Waals surface area contributed by atoms with Crippen LogP contribution in [0.3, 0.4) is 0 Å². The number of piperidine rings is 1. The first-order chi connectivity index (χ1) is 12.9. The third-order valence-electron chi connectivity index (χ3n) is 4.81. The van der Waals surface area contributed by atoms with E-state index in [-0.39, 0.29) is 31.0 Å². The van der Waals surface area contributed by atoms with Gasteiger partial charge in [0.15, 0.2) is 0 Å². The Bertz CT molecular complexity index is 973. The number of hydrogen-bond acceptors (Lipinski definition) is 3. The number of sulfonamides is 1. The summed E-state index contributed by atoms with van der Waals surface area (Å²) in [7, 11) is -4.23. The number of aliphatic hydroxyl groups is 1. The minimum absolute atomic E-state index is 0.0402. The molecule has 10 heteroatoms. The van der Waals surface area contributed by atoms with Crippen LogP contribution in [0.15, 0.2) is 51.8 Å². The van der Waals surface area contributed by atoms with Crippen molar-refractivity contribution in [3.05, 3.63) is 63.1 Å². The van der Waals surface area contributed by atoms with Crippen LogP contribution >= 0.6 is 27.5 Å². The summed E-state index contributed by atoms with van der Waals surface area (Å²) in [5, 5.41) is 10.6. The number of halogens is 5. The lowest BCUT2D eigenvalue weighted by Crippen LogP contribution is -2.45. The minimum atomic E-state index is -4.68. The molecule has 1 aliphatic rings. The van der Waals surface area contributed by atoms with Crippen molar-refractivity contribution in [2.75, 3.05) is 13.1 Å². The van der Waals surface area contributed by atoms with Crippen LogP contribution in [0.2, 0.25) is 5.02 Å². The van der Waals surface area contributed by atoms with Gasteiger partial charge in [-0.05, 0) is 48.7 Å². The monoisotopic (exact) mass is 497 g/mol. The van der Waals surface area contributed by atoms with Gasteiger partial charge in [0.05, 0.1) is 16.2 Å². The first-order valence-corrected chi connectivity index (χ1v) is 10.9. The SMILES string of the molecule is O=S(=O)(c1cc(C(F)(F)F)ccc1Cl)N1CCC(O)(c2ccc(Br)cc2)CC1. The minimum Gasteiger partial charge on any atom is -0.385 e. The molecule has 1 N–H and O–H groups in total. The third kappa shape index (κ3) is 4.23. The maximum absolute atomic E-state index is 13.0. The molecule has 0 unspecified atom stereocenters. The van der Waals surface area contributed by atoms with Gasteiger partial charge in [-0.3, -0.25) is 0 Å². The summed E-state index contributed by atoms with van der Waals surface area (Å²) in [6.45, 7) is -0.0804. The number of rotatable bonds is 3. The standard InChI is InChI=1S/C18H16BrClF3NO3S/c19-14-4-1-12(2-5-14)17(25)7-9-24(10-8-17)28(26,27)16-11-13(18(21,22)23)3-6-15(16)20/h1-6,11,25H,7-10H2. The van der Waals surface area contributed by atoms with Gasteiger partial charge in [0.1, 0.15) is 4.90 Å². The molecular formula is C18H16BrClF3NO3S. The third-order valence-corrected chi connectivity index (χ3v) is 7.72. The van der Waals surface area contributed by atoms with Crippen molar-refractivity contribution in [1.82, 2.24) is 4.31 Å². The summed E-state index contributed by atoms with van der Waals surface area (Å²) in [6.07, 6.45) is -4.45. The fourth-order valence-corrected chi connectivity index (χ4v) is 5.37. The first-order valence-electron chi connectivity index (χ1n) is 8.29. The van der Waals surface area contributed by atoms with Crippen molar-refractivity contribution in [3.63, 3.8) is 0 Å². The van der Waals surface area contributed by atoms with Gasteiger partial charge in [0.2, 0.25) is 10.0 Å². The van der Waals surface area contributed by atoms with Crippen molar-refractivity contribution < 1.29 is 26.7 Å². The summed E-state index contributed by atoms with van der Waals surface area (Å²) in [6, 6.07) is 9.27. The van der Waals surface area contributed by atoms with Gasteiger partial charge in [0, 0.05) is 17.6 Å². The topological polar surface area (TPSA) is 57.6 Å². The number of nitrogens with zero attached hydrogens (tertiary/aromatic N) is 1. The zero-order valence-corrected chi connectivity index (χ0v) is 17.5. The molecule has 0 spiro atoms. The van der Waals surface area contributed by atoms with Gasteiger partial charge < -0.3 is 5.11 Å². The number of alkyl halides is 3. The molecule has 2 aromatic rings. The highest BCUT2D eigenvalue weighted by Gasteiger charge is 2.40. The molecule has 0 amide bonds. The second kappa shape index (κ2) is 7.60. The van der Waals surface area contributed by atoms with Crippen molar-refractivity contribution in [1.29, 1.82) is 0 Å². The normalized spacial score (nSPS) is 18.2. The van der Waals surface area contributed by atoms with E-state index in [9.17, 15) is 26.7 Å². The molecule has 4 nitrogen and oxygen atoms in total. The average Bonchev–Trinajstić information content (AvgIpc) is 2.61. The predicted octanol–water partition coefficient (Wildman–Crippen LogP) is 4.79. The van der Waals surface area contributed by atoms with Gasteiger partial charge >= 0.3 is 6.18 Å². The van der Waals surface area contributed by atoms with E-state index in [2.05, 4.69) is 15.9 Å². The molecule has 0 saturated carbocycles. The molecular weight excluding hydrogens is 483 g/mol. The Labute approximate surface area is 174 Å². The van der Waals surface area contributed by atoms with Crippen LogP contribution in [0.4, 0.5) is 13.2 Å². The molecule has 0 bridgehead atoms. The first kappa shape index (κ1) is 21.6. The Hall–Kier alpha value is -1.13.